The maximum absolute atomic E-state index is 12.5. The number of aromatic carboxylic acids is 1. The number of halogens is 1. The van der Waals surface area contributed by atoms with E-state index in [2.05, 4.69) is 20.4 Å². The van der Waals surface area contributed by atoms with Gasteiger partial charge in [-0.05, 0) is 30.3 Å². The topological polar surface area (TPSA) is 144 Å². The molecule has 3 aromatic rings. The number of carbonyl (C=O) groups is 2. The molecule has 0 fully saturated rings. The van der Waals surface area contributed by atoms with Gasteiger partial charge in [0.25, 0.3) is 5.91 Å². The van der Waals surface area contributed by atoms with E-state index in [9.17, 15) is 18.0 Å². The normalized spacial score (nSPS) is 12.4. The Hall–Kier alpha value is -3.31. The highest BCUT2D eigenvalue weighted by atomic mass is 35.5. The lowest BCUT2D eigenvalue weighted by molar-refractivity contribution is 0.0696. The average molecular weight is 464 g/mol. The fourth-order valence-electron chi connectivity index (χ4n) is 2.75. The van der Waals surface area contributed by atoms with E-state index < -0.39 is 21.7 Å². The van der Waals surface area contributed by atoms with Gasteiger partial charge in [-0.25, -0.2) is 23.2 Å². The van der Waals surface area contributed by atoms with Crippen LogP contribution < -0.4 is 5.32 Å². The standard InChI is InChI=1S/C19H18ClN5O5S/c1-11(8-22-18(26)13-5-14(20)7-15(6-13)31(2,29)30)17-23-10-24-25(17)16-4-3-12(9-21-16)19(27)28/h3-7,9-11H,8H2,1-2H3,(H,22,26)(H,27,28)/t11-/m0/s1. The first-order valence-electron chi connectivity index (χ1n) is 8.94. The molecule has 12 heteroatoms. The summed E-state index contributed by atoms with van der Waals surface area (Å²) >= 11 is 5.95. The molecule has 3 rings (SSSR count). The van der Waals surface area contributed by atoms with Gasteiger partial charge < -0.3 is 10.4 Å². The van der Waals surface area contributed by atoms with E-state index >= 15 is 0 Å². The van der Waals surface area contributed by atoms with E-state index in [-0.39, 0.29) is 33.5 Å². The molecule has 2 N–H and O–H groups in total. The van der Waals surface area contributed by atoms with Crippen molar-refractivity contribution in [3.63, 3.8) is 0 Å². The summed E-state index contributed by atoms with van der Waals surface area (Å²) < 4.78 is 25.0. The van der Waals surface area contributed by atoms with E-state index in [1.54, 1.807) is 0 Å². The quantitative estimate of drug-likeness (QED) is 0.540. The first-order chi connectivity index (χ1) is 14.6. The maximum atomic E-state index is 12.5. The Kier molecular flexibility index (Phi) is 6.37. The van der Waals surface area contributed by atoms with Crippen LogP contribution in [-0.2, 0) is 9.84 Å². The van der Waals surface area contributed by atoms with Crippen LogP contribution >= 0.6 is 11.6 Å². The predicted octanol–water partition coefficient (Wildman–Crippen LogP) is 1.95. The maximum Gasteiger partial charge on any atom is 0.337 e. The first kappa shape index (κ1) is 22.4. The number of sulfone groups is 1. The van der Waals surface area contributed by atoms with Crippen LogP contribution in [0.2, 0.25) is 5.02 Å². The van der Waals surface area contributed by atoms with Crippen molar-refractivity contribution >= 4 is 33.3 Å². The first-order valence-corrected chi connectivity index (χ1v) is 11.2. The van der Waals surface area contributed by atoms with Crippen molar-refractivity contribution in [2.45, 2.75) is 17.7 Å². The van der Waals surface area contributed by atoms with Gasteiger partial charge in [-0.15, -0.1) is 0 Å². The molecule has 31 heavy (non-hydrogen) atoms. The minimum absolute atomic E-state index is 0.0423. The van der Waals surface area contributed by atoms with Crippen molar-refractivity contribution < 1.29 is 23.1 Å². The lowest BCUT2D eigenvalue weighted by atomic mass is 10.1. The number of nitrogens with zero attached hydrogens (tertiary/aromatic N) is 4. The number of carboxylic acid groups (broad SMARTS) is 1. The number of amides is 1. The van der Waals surface area contributed by atoms with Gasteiger partial charge in [-0.1, -0.05) is 18.5 Å². The lowest BCUT2D eigenvalue weighted by Crippen LogP contribution is -2.28. The van der Waals surface area contributed by atoms with Crippen molar-refractivity contribution in [3.8, 4) is 5.82 Å². The van der Waals surface area contributed by atoms with Gasteiger partial charge in [0.1, 0.15) is 12.2 Å². The number of pyridine rings is 1. The van der Waals surface area contributed by atoms with E-state index in [0.717, 1.165) is 6.26 Å². The number of carbonyl (C=O) groups excluding carboxylic acids is 1. The summed E-state index contributed by atoms with van der Waals surface area (Å²) in [6.45, 7) is 1.98. The van der Waals surface area contributed by atoms with Crippen molar-refractivity contribution in [2.24, 2.45) is 0 Å². The average Bonchev–Trinajstić information content (AvgIpc) is 3.20. The van der Waals surface area contributed by atoms with Gasteiger partial charge in [-0.2, -0.15) is 9.78 Å². The number of nitrogens with one attached hydrogen (secondary N) is 1. The van der Waals surface area contributed by atoms with E-state index in [4.69, 9.17) is 16.7 Å². The molecule has 0 aliphatic carbocycles. The molecule has 0 radical (unpaired) electrons. The van der Waals surface area contributed by atoms with Crippen LogP contribution in [0.15, 0.2) is 47.8 Å². The third kappa shape index (κ3) is 5.25. The van der Waals surface area contributed by atoms with E-state index in [1.165, 1.54) is 47.5 Å². The van der Waals surface area contributed by atoms with Crippen molar-refractivity contribution in [1.82, 2.24) is 25.1 Å². The highest BCUT2D eigenvalue weighted by Gasteiger charge is 2.18. The zero-order valence-corrected chi connectivity index (χ0v) is 18.1. The zero-order valence-electron chi connectivity index (χ0n) is 16.5. The molecule has 0 bridgehead atoms. The summed E-state index contributed by atoms with van der Waals surface area (Å²) in [5.74, 6) is -0.994. The number of aromatic nitrogens is 4. The second kappa shape index (κ2) is 8.82. The van der Waals surface area contributed by atoms with Gasteiger partial charge in [0.2, 0.25) is 0 Å². The Labute approximate surface area is 182 Å². The zero-order chi connectivity index (χ0) is 22.8. The largest absolute Gasteiger partial charge is 0.478 e. The van der Waals surface area contributed by atoms with Crippen molar-refractivity contribution in [2.75, 3.05) is 12.8 Å². The van der Waals surface area contributed by atoms with Gasteiger partial charge >= 0.3 is 5.97 Å². The van der Waals surface area contributed by atoms with Crippen LogP contribution in [-0.4, -0.2) is 57.9 Å². The molecule has 1 amide bonds. The smallest absolute Gasteiger partial charge is 0.337 e. The molecule has 0 unspecified atom stereocenters. The Balaban J connectivity index is 1.74. The minimum Gasteiger partial charge on any atom is -0.478 e. The lowest BCUT2D eigenvalue weighted by Gasteiger charge is -2.14. The van der Waals surface area contributed by atoms with Gasteiger partial charge in [0.05, 0.1) is 10.5 Å². The van der Waals surface area contributed by atoms with Crippen LogP contribution in [0, 0.1) is 0 Å². The highest BCUT2D eigenvalue weighted by molar-refractivity contribution is 7.90. The molecular weight excluding hydrogens is 446 g/mol. The molecule has 0 aliphatic rings. The molecule has 0 spiro atoms. The van der Waals surface area contributed by atoms with Gasteiger partial charge in [0, 0.05) is 35.5 Å². The summed E-state index contributed by atoms with van der Waals surface area (Å²) in [5.41, 5.74) is 0.160. The van der Waals surface area contributed by atoms with E-state index in [1.807, 2.05) is 6.92 Å². The molecule has 162 valence electrons. The molecule has 0 saturated heterocycles. The van der Waals surface area contributed by atoms with Crippen LogP contribution in [0.3, 0.4) is 0 Å². The van der Waals surface area contributed by atoms with Crippen LogP contribution in [0.25, 0.3) is 5.82 Å². The summed E-state index contributed by atoms with van der Waals surface area (Å²) in [6.07, 6.45) is 3.58. The molecule has 0 saturated carbocycles. The second-order valence-corrected chi connectivity index (χ2v) is 9.25. The fourth-order valence-corrected chi connectivity index (χ4v) is 3.73. The minimum atomic E-state index is -3.52. The van der Waals surface area contributed by atoms with Crippen molar-refractivity contribution in [1.29, 1.82) is 0 Å². The van der Waals surface area contributed by atoms with Crippen LogP contribution in [0.5, 0.6) is 0 Å². The monoisotopic (exact) mass is 463 g/mol. The molecule has 10 nitrogen and oxygen atoms in total. The summed E-state index contributed by atoms with van der Waals surface area (Å²) in [7, 11) is -3.52. The summed E-state index contributed by atoms with van der Waals surface area (Å²) in [6, 6.07) is 6.83. The summed E-state index contributed by atoms with van der Waals surface area (Å²) in [5, 5.41) is 16.0. The Morgan fingerprint density at radius 2 is 1.94 bits per heavy atom. The molecule has 1 aromatic carbocycles. The van der Waals surface area contributed by atoms with Gasteiger partial charge in [-0.3, -0.25) is 4.79 Å². The number of hydrogen-bond donors (Lipinski definition) is 2. The Morgan fingerprint density at radius 1 is 1.19 bits per heavy atom. The van der Waals surface area contributed by atoms with E-state index in [0.29, 0.717) is 11.6 Å². The fraction of sp³-hybridized carbons (Fsp3) is 0.211. The second-order valence-electron chi connectivity index (χ2n) is 6.80. The SMILES string of the molecule is C[C@@H](CNC(=O)c1cc(Cl)cc(S(C)(=O)=O)c1)c1ncnn1-c1ccc(C(=O)O)cn1. The third-order valence-electron chi connectivity index (χ3n) is 4.36. The van der Waals surface area contributed by atoms with Crippen molar-refractivity contribution in [3.05, 3.63) is 64.8 Å². The Bertz CT molecular complexity index is 1240. The number of rotatable bonds is 7. The molecule has 2 aromatic heterocycles. The molecule has 1 atom stereocenters. The van der Waals surface area contributed by atoms with Gasteiger partial charge in [0.15, 0.2) is 15.7 Å². The summed E-state index contributed by atoms with van der Waals surface area (Å²) in [4.78, 5) is 31.8. The molecular formula is C19H18ClN5O5S. The number of hydrogen-bond acceptors (Lipinski definition) is 7. The van der Waals surface area contributed by atoms with Crippen LogP contribution in [0.4, 0.5) is 0 Å². The highest BCUT2D eigenvalue weighted by Crippen LogP contribution is 2.20. The molecule has 0 aliphatic heterocycles. The number of carboxylic acids is 1. The third-order valence-corrected chi connectivity index (χ3v) is 5.67. The predicted molar refractivity (Wildman–Crippen MR) is 111 cm³/mol. The Morgan fingerprint density at radius 3 is 2.55 bits per heavy atom. The van der Waals surface area contributed by atoms with Crippen LogP contribution in [0.1, 0.15) is 39.4 Å². The number of benzene rings is 1. The molecule has 2 heterocycles.